The quantitative estimate of drug-likeness (QED) is 0.507. The maximum atomic E-state index is 11.9. The number of ketones is 1. The van der Waals surface area contributed by atoms with Gasteiger partial charge in [0, 0.05) is 12.3 Å². The number of rotatable bonds is 12. The Morgan fingerprint density at radius 1 is 1.15 bits per heavy atom. The third-order valence-electron chi connectivity index (χ3n) is 4.19. The monoisotopic (exact) mass is 358 g/mol. The van der Waals surface area contributed by atoms with E-state index in [1.807, 2.05) is 12.2 Å². The first kappa shape index (κ1) is 21.8. The SMILES string of the molecule is CC/C=C\C/C=C/C/C=C\C[C@H](O)/C=C/[C@@H]1C(=O)C=C[C@@H]1CCC(=O)O. The number of carbonyl (C=O) groups is 2. The van der Waals surface area contributed by atoms with Crippen LogP contribution in [0, 0.1) is 11.8 Å². The van der Waals surface area contributed by atoms with Crippen LogP contribution < -0.4 is 0 Å². The second kappa shape index (κ2) is 13.1. The Hall–Kier alpha value is -2.20. The largest absolute Gasteiger partial charge is 0.481 e. The van der Waals surface area contributed by atoms with Crippen molar-refractivity contribution in [3.8, 4) is 0 Å². The molecule has 0 saturated carbocycles. The molecule has 1 aliphatic rings. The first-order valence-electron chi connectivity index (χ1n) is 9.29. The molecule has 0 aromatic rings. The maximum Gasteiger partial charge on any atom is 0.303 e. The molecule has 4 heteroatoms. The van der Waals surface area contributed by atoms with E-state index in [1.165, 1.54) is 6.08 Å². The van der Waals surface area contributed by atoms with Gasteiger partial charge in [0.1, 0.15) is 0 Å². The number of allylic oxidation sites excluding steroid dienone is 8. The number of aliphatic carboxylic acids is 1. The fraction of sp³-hybridized carbons (Fsp3) is 0.455. The molecular weight excluding hydrogens is 328 g/mol. The van der Waals surface area contributed by atoms with Crippen molar-refractivity contribution in [2.24, 2.45) is 11.8 Å². The molecule has 26 heavy (non-hydrogen) atoms. The normalized spacial score (nSPS) is 21.8. The van der Waals surface area contributed by atoms with E-state index in [1.54, 1.807) is 18.2 Å². The summed E-state index contributed by atoms with van der Waals surface area (Å²) in [6.07, 6.45) is 22.2. The van der Waals surface area contributed by atoms with Crippen molar-refractivity contribution in [3.05, 3.63) is 60.8 Å². The van der Waals surface area contributed by atoms with Gasteiger partial charge in [0.2, 0.25) is 0 Å². The molecule has 4 nitrogen and oxygen atoms in total. The molecule has 3 atom stereocenters. The van der Waals surface area contributed by atoms with E-state index in [9.17, 15) is 14.7 Å². The summed E-state index contributed by atoms with van der Waals surface area (Å²) in [5, 5.41) is 18.8. The second-order valence-electron chi connectivity index (χ2n) is 6.37. The van der Waals surface area contributed by atoms with Gasteiger partial charge in [0.15, 0.2) is 5.78 Å². The maximum absolute atomic E-state index is 11.9. The van der Waals surface area contributed by atoms with Crippen molar-refractivity contribution in [1.82, 2.24) is 0 Å². The predicted molar refractivity (Wildman–Crippen MR) is 105 cm³/mol. The van der Waals surface area contributed by atoms with Crippen LogP contribution in [0.3, 0.4) is 0 Å². The number of hydrogen-bond acceptors (Lipinski definition) is 3. The zero-order chi connectivity index (χ0) is 19.2. The van der Waals surface area contributed by atoms with E-state index < -0.39 is 12.1 Å². The van der Waals surface area contributed by atoms with Crippen molar-refractivity contribution >= 4 is 11.8 Å². The van der Waals surface area contributed by atoms with Crippen LogP contribution in [0.2, 0.25) is 0 Å². The first-order valence-corrected chi connectivity index (χ1v) is 9.29. The Morgan fingerprint density at radius 2 is 1.81 bits per heavy atom. The van der Waals surface area contributed by atoms with Crippen molar-refractivity contribution in [2.45, 2.75) is 51.6 Å². The highest BCUT2D eigenvalue weighted by Gasteiger charge is 2.28. The summed E-state index contributed by atoms with van der Waals surface area (Å²) < 4.78 is 0. The molecule has 0 fully saturated rings. The van der Waals surface area contributed by atoms with Crippen LogP contribution >= 0.6 is 0 Å². The van der Waals surface area contributed by atoms with Crippen LogP contribution in [0.15, 0.2) is 60.8 Å². The minimum atomic E-state index is -0.860. The molecule has 0 spiro atoms. The number of hydrogen-bond donors (Lipinski definition) is 2. The zero-order valence-corrected chi connectivity index (χ0v) is 15.5. The Balaban J connectivity index is 2.33. The Bertz CT molecular complexity index is 581. The minimum absolute atomic E-state index is 0.0263. The van der Waals surface area contributed by atoms with Crippen LogP contribution in [0.4, 0.5) is 0 Å². The summed E-state index contributed by atoms with van der Waals surface area (Å²) in [5.74, 6) is -1.33. The van der Waals surface area contributed by atoms with Crippen LogP contribution in [0.5, 0.6) is 0 Å². The third-order valence-corrected chi connectivity index (χ3v) is 4.19. The van der Waals surface area contributed by atoms with Gasteiger partial charge in [-0.1, -0.05) is 61.6 Å². The molecule has 1 rings (SSSR count). The molecule has 0 amide bonds. The van der Waals surface area contributed by atoms with Gasteiger partial charge < -0.3 is 10.2 Å². The van der Waals surface area contributed by atoms with Gasteiger partial charge in [-0.05, 0) is 44.1 Å². The lowest BCUT2D eigenvalue weighted by molar-refractivity contribution is -0.137. The Labute approximate surface area is 156 Å². The van der Waals surface area contributed by atoms with Crippen molar-refractivity contribution in [3.63, 3.8) is 0 Å². The predicted octanol–water partition coefficient (Wildman–Crippen LogP) is 4.39. The average molecular weight is 358 g/mol. The van der Waals surface area contributed by atoms with Crippen molar-refractivity contribution in [1.29, 1.82) is 0 Å². The molecule has 0 heterocycles. The standard InChI is InChI=1S/C22H30O4/c1-2-3-4-5-6-7-8-9-10-11-19(23)14-15-20-18(12-16-21(20)24)13-17-22(25)26/h3-4,6-7,9-10,12,14-16,18-20,23H,2,5,8,11,13,17H2,1H3,(H,25,26)/b4-3-,7-6+,10-9-,15-14+/t18-,19+,20+/m1/s1. The number of carboxylic acid groups (broad SMARTS) is 1. The van der Waals surface area contributed by atoms with Crippen LogP contribution in [-0.2, 0) is 9.59 Å². The average Bonchev–Trinajstić information content (AvgIpc) is 2.96. The molecule has 142 valence electrons. The summed E-state index contributed by atoms with van der Waals surface area (Å²) >= 11 is 0. The summed E-state index contributed by atoms with van der Waals surface area (Å²) in [6.45, 7) is 2.11. The molecule has 2 N–H and O–H groups in total. The van der Waals surface area contributed by atoms with Gasteiger partial charge in [-0.3, -0.25) is 9.59 Å². The minimum Gasteiger partial charge on any atom is -0.481 e. The highest BCUT2D eigenvalue weighted by molar-refractivity contribution is 5.95. The molecule has 0 radical (unpaired) electrons. The van der Waals surface area contributed by atoms with E-state index in [-0.39, 0.29) is 24.0 Å². The molecule has 0 bridgehead atoms. The van der Waals surface area contributed by atoms with Gasteiger partial charge >= 0.3 is 5.97 Å². The summed E-state index contributed by atoms with van der Waals surface area (Å²) in [5.41, 5.74) is 0. The fourth-order valence-electron chi connectivity index (χ4n) is 2.73. The topological polar surface area (TPSA) is 74.6 Å². The molecular formula is C22H30O4. The van der Waals surface area contributed by atoms with E-state index in [0.29, 0.717) is 12.8 Å². The Morgan fingerprint density at radius 3 is 2.46 bits per heavy atom. The van der Waals surface area contributed by atoms with Crippen LogP contribution in [-0.4, -0.2) is 28.1 Å². The fourth-order valence-corrected chi connectivity index (χ4v) is 2.73. The lowest BCUT2D eigenvalue weighted by atomic mass is 9.90. The number of aliphatic hydroxyl groups excluding tert-OH is 1. The second-order valence-corrected chi connectivity index (χ2v) is 6.37. The van der Waals surface area contributed by atoms with Gasteiger partial charge in [0.05, 0.1) is 6.10 Å². The summed E-state index contributed by atoms with van der Waals surface area (Å²) in [6, 6.07) is 0. The Kier molecular flexibility index (Phi) is 11.0. The molecule has 0 aromatic carbocycles. The van der Waals surface area contributed by atoms with Crippen molar-refractivity contribution in [2.75, 3.05) is 0 Å². The lowest BCUT2D eigenvalue weighted by Crippen LogP contribution is -2.15. The van der Waals surface area contributed by atoms with Crippen molar-refractivity contribution < 1.29 is 19.8 Å². The summed E-state index contributed by atoms with van der Waals surface area (Å²) in [4.78, 5) is 22.6. The number of aliphatic hydroxyl groups is 1. The molecule has 1 aliphatic carbocycles. The smallest absolute Gasteiger partial charge is 0.303 e. The van der Waals surface area contributed by atoms with Gasteiger partial charge in [-0.15, -0.1) is 0 Å². The lowest BCUT2D eigenvalue weighted by Gasteiger charge is -2.14. The van der Waals surface area contributed by atoms with Crippen LogP contribution in [0.1, 0.15) is 45.4 Å². The number of carboxylic acids is 1. The zero-order valence-electron chi connectivity index (χ0n) is 15.5. The van der Waals surface area contributed by atoms with Gasteiger partial charge in [-0.2, -0.15) is 0 Å². The summed E-state index contributed by atoms with van der Waals surface area (Å²) in [7, 11) is 0. The van der Waals surface area contributed by atoms with Gasteiger partial charge in [-0.25, -0.2) is 0 Å². The first-order chi connectivity index (χ1) is 12.5. The van der Waals surface area contributed by atoms with E-state index in [0.717, 1.165) is 19.3 Å². The molecule has 0 aliphatic heterocycles. The molecule has 0 aromatic heterocycles. The number of carbonyl (C=O) groups excluding carboxylic acids is 1. The van der Waals surface area contributed by atoms with Crippen LogP contribution in [0.25, 0.3) is 0 Å². The molecule has 0 saturated heterocycles. The van der Waals surface area contributed by atoms with E-state index in [2.05, 4.69) is 31.2 Å². The highest BCUT2D eigenvalue weighted by Crippen LogP contribution is 2.28. The van der Waals surface area contributed by atoms with E-state index in [4.69, 9.17) is 5.11 Å². The highest BCUT2D eigenvalue weighted by atomic mass is 16.4. The molecule has 0 unspecified atom stereocenters. The van der Waals surface area contributed by atoms with E-state index >= 15 is 0 Å². The third kappa shape index (κ3) is 9.33. The van der Waals surface area contributed by atoms with Gasteiger partial charge in [0.25, 0.3) is 0 Å².